The van der Waals surface area contributed by atoms with E-state index in [4.69, 9.17) is 16.3 Å². The Morgan fingerprint density at radius 2 is 2.46 bits per heavy atom. The van der Waals surface area contributed by atoms with Crippen LogP contribution in [-0.2, 0) is 0 Å². The van der Waals surface area contributed by atoms with E-state index in [1.807, 2.05) is 0 Å². The second kappa shape index (κ2) is 4.63. The number of halogens is 2. The third-order valence-electron chi connectivity index (χ3n) is 1.58. The van der Waals surface area contributed by atoms with Gasteiger partial charge in [0.25, 0.3) is 0 Å². The van der Waals surface area contributed by atoms with Gasteiger partial charge in [0.1, 0.15) is 0 Å². The number of nitrogens with zero attached hydrogens (tertiary/aromatic N) is 1. The molecule has 0 N–H and O–H groups in total. The normalized spacial score (nSPS) is 9.77. The number of hydrogen-bond donors (Lipinski definition) is 0. The monoisotopic (exact) mass is 261 g/mol. The van der Waals surface area contributed by atoms with Gasteiger partial charge in [-0.1, -0.05) is 34.1 Å². The summed E-state index contributed by atoms with van der Waals surface area (Å²) in [6, 6.07) is 1.77. The topological polar surface area (TPSA) is 22.1 Å². The summed E-state index contributed by atoms with van der Waals surface area (Å²) in [6.45, 7) is 3.87. The van der Waals surface area contributed by atoms with Crippen molar-refractivity contribution < 1.29 is 4.74 Å². The molecule has 13 heavy (non-hydrogen) atoms. The van der Waals surface area contributed by atoms with Crippen molar-refractivity contribution in [3.8, 4) is 5.88 Å². The van der Waals surface area contributed by atoms with Crippen molar-refractivity contribution in [2.45, 2.75) is 0 Å². The quantitative estimate of drug-likeness (QED) is 0.781. The van der Waals surface area contributed by atoms with Crippen molar-refractivity contribution in [2.24, 2.45) is 0 Å². The van der Waals surface area contributed by atoms with Crippen molar-refractivity contribution in [3.63, 3.8) is 0 Å². The van der Waals surface area contributed by atoms with E-state index in [0.717, 1.165) is 11.1 Å². The number of pyridine rings is 1. The van der Waals surface area contributed by atoms with E-state index in [0.29, 0.717) is 16.2 Å². The SMILES string of the molecule is C=C(CBr)c1cc(OC)ncc1Cl. The maximum absolute atomic E-state index is 5.93. The molecule has 0 unspecified atom stereocenters. The summed E-state index contributed by atoms with van der Waals surface area (Å²) in [4.78, 5) is 3.96. The van der Waals surface area contributed by atoms with E-state index in [9.17, 15) is 0 Å². The molecule has 0 radical (unpaired) electrons. The lowest BCUT2D eigenvalue weighted by atomic mass is 10.1. The highest BCUT2D eigenvalue weighted by atomic mass is 79.9. The second-order valence-corrected chi connectivity index (χ2v) is 3.41. The third-order valence-corrected chi connectivity index (χ3v) is 2.56. The van der Waals surface area contributed by atoms with Crippen LogP contribution in [0.5, 0.6) is 5.88 Å². The maximum Gasteiger partial charge on any atom is 0.213 e. The highest BCUT2D eigenvalue weighted by Crippen LogP contribution is 2.26. The highest BCUT2D eigenvalue weighted by Gasteiger charge is 2.05. The van der Waals surface area contributed by atoms with Gasteiger partial charge in [-0.05, 0) is 5.57 Å². The van der Waals surface area contributed by atoms with Crippen LogP contribution in [0.1, 0.15) is 5.56 Å². The first-order chi connectivity index (χ1) is 6.19. The minimum absolute atomic E-state index is 0.543. The Hall–Kier alpha value is -0.540. The second-order valence-electron chi connectivity index (χ2n) is 2.44. The van der Waals surface area contributed by atoms with Crippen molar-refractivity contribution in [1.82, 2.24) is 4.98 Å². The highest BCUT2D eigenvalue weighted by molar-refractivity contribution is 9.09. The first-order valence-corrected chi connectivity index (χ1v) is 5.12. The molecule has 0 saturated heterocycles. The molecule has 0 amide bonds. The average Bonchev–Trinajstić information content (AvgIpc) is 2.17. The van der Waals surface area contributed by atoms with Gasteiger partial charge in [0.05, 0.1) is 18.3 Å². The Labute approximate surface area is 90.7 Å². The third kappa shape index (κ3) is 2.45. The number of methoxy groups -OCH3 is 1. The number of ether oxygens (including phenoxy) is 1. The predicted octanol–water partition coefficient (Wildman–Crippen LogP) is 3.15. The minimum atomic E-state index is 0.543. The smallest absolute Gasteiger partial charge is 0.213 e. The van der Waals surface area contributed by atoms with E-state index in [1.54, 1.807) is 19.4 Å². The van der Waals surface area contributed by atoms with Crippen molar-refractivity contribution >= 4 is 33.1 Å². The largest absolute Gasteiger partial charge is 0.481 e. The molecule has 0 aliphatic carbocycles. The van der Waals surface area contributed by atoms with E-state index in [-0.39, 0.29) is 0 Å². The van der Waals surface area contributed by atoms with Crippen LogP contribution in [0, 0.1) is 0 Å². The molecule has 4 heteroatoms. The Morgan fingerprint density at radius 1 is 1.77 bits per heavy atom. The molecule has 0 saturated carbocycles. The van der Waals surface area contributed by atoms with Gasteiger partial charge in [0.2, 0.25) is 5.88 Å². The Morgan fingerprint density at radius 3 is 3.00 bits per heavy atom. The Bertz CT molecular complexity index is 327. The van der Waals surface area contributed by atoms with Gasteiger partial charge in [-0.2, -0.15) is 0 Å². The summed E-state index contributed by atoms with van der Waals surface area (Å²) in [6.07, 6.45) is 1.56. The predicted molar refractivity (Wildman–Crippen MR) is 58.6 cm³/mol. The fraction of sp³-hybridized carbons (Fsp3) is 0.222. The van der Waals surface area contributed by atoms with Gasteiger partial charge in [0.15, 0.2) is 0 Å². The zero-order chi connectivity index (χ0) is 9.84. The van der Waals surface area contributed by atoms with Gasteiger partial charge in [0, 0.05) is 17.0 Å². The number of allylic oxidation sites excluding steroid dienone is 1. The standard InChI is InChI=1S/C9H9BrClNO/c1-6(4-10)7-3-9(13-2)12-5-8(7)11/h3,5H,1,4H2,2H3. The Kier molecular flexibility index (Phi) is 3.75. The maximum atomic E-state index is 5.93. The van der Waals surface area contributed by atoms with Crippen LogP contribution < -0.4 is 4.74 Å². The lowest BCUT2D eigenvalue weighted by Gasteiger charge is -2.06. The van der Waals surface area contributed by atoms with Gasteiger partial charge >= 0.3 is 0 Å². The fourth-order valence-electron chi connectivity index (χ4n) is 0.874. The van der Waals surface area contributed by atoms with Crippen LogP contribution in [0.15, 0.2) is 18.8 Å². The van der Waals surface area contributed by atoms with Gasteiger partial charge in [-0.3, -0.25) is 0 Å². The van der Waals surface area contributed by atoms with Crippen LogP contribution in [0.2, 0.25) is 5.02 Å². The zero-order valence-electron chi connectivity index (χ0n) is 7.18. The molecule has 1 rings (SSSR count). The lowest BCUT2D eigenvalue weighted by molar-refractivity contribution is 0.398. The summed E-state index contributed by atoms with van der Waals surface area (Å²) in [5, 5.41) is 1.27. The number of hydrogen-bond acceptors (Lipinski definition) is 2. The van der Waals surface area contributed by atoms with Crippen LogP contribution in [0.3, 0.4) is 0 Å². The molecule has 0 bridgehead atoms. The molecular formula is C9H9BrClNO. The van der Waals surface area contributed by atoms with E-state index in [2.05, 4.69) is 27.5 Å². The van der Waals surface area contributed by atoms with Crippen molar-refractivity contribution in [2.75, 3.05) is 12.4 Å². The molecule has 1 aromatic rings. The first kappa shape index (κ1) is 10.5. The van der Waals surface area contributed by atoms with Crippen LogP contribution in [0.4, 0.5) is 0 Å². The summed E-state index contributed by atoms with van der Waals surface area (Å²) < 4.78 is 4.98. The lowest BCUT2D eigenvalue weighted by Crippen LogP contribution is -1.91. The molecule has 1 aromatic heterocycles. The molecule has 2 nitrogen and oxygen atoms in total. The van der Waals surface area contributed by atoms with Gasteiger partial charge in [-0.15, -0.1) is 0 Å². The zero-order valence-corrected chi connectivity index (χ0v) is 9.52. The summed E-state index contributed by atoms with van der Waals surface area (Å²) in [5.41, 5.74) is 1.77. The fourth-order valence-corrected chi connectivity index (χ4v) is 1.41. The minimum Gasteiger partial charge on any atom is -0.481 e. The molecule has 0 aliphatic rings. The van der Waals surface area contributed by atoms with Gasteiger partial charge < -0.3 is 4.74 Å². The molecule has 0 spiro atoms. The molecule has 70 valence electrons. The first-order valence-electron chi connectivity index (χ1n) is 3.62. The molecule has 1 heterocycles. The van der Waals surface area contributed by atoms with Crippen LogP contribution in [-0.4, -0.2) is 17.4 Å². The van der Waals surface area contributed by atoms with Crippen LogP contribution in [0.25, 0.3) is 5.57 Å². The van der Waals surface area contributed by atoms with Crippen LogP contribution >= 0.6 is 27.5 Å². The number of alkyl halides is 1. The Balaban J connectivity index is 3.11. The molecule has 0 atom stereocenters. The number of rotatable bonds is 3. The molecule has 0 fully saturated rings. The average molecular weight is 263 g/mol. The van der Waals surface area contributed by atoms with Gasteiger partial charge in [-0.25, -0.2) is 4.98 Å². The van der Waals surface area contributed by atoms with Crippen molar-refractivity contribution in [1.29, 1.82) is 0 Å². The molecular weight excluding hydrogens is 253 g/mol. The van der Waals surface area contributed by atoms with E-state index >= 15 is 0 Å². The summed E-state index contributed by atoms with van der Waals surface area (Å²) in [7, 11) is 1.57. The summed E-state index contributed by atoms with van der Waals surface area (Å²) >= 11 is 9.24. The molecule has 0 aliphatic heterocycles. The van der Waals surface area contributed by atoms with E-state index < -0.39 is 0 Å². The summed E-state index contributed by atoms with van der Waals surface area (Å²) in [5.74, 6) is 0.543. The number of aromatic nitrogens is 1. The molecule has 0 aromatic carbocycles. The van der Waals surface area contributed by atoms with Crippen molar-refractivity contribution in [3.05, 3.63) is 29.4 Å². The van der Waals surface area contributed by atoms with E-state index in [1.165, 1.54) is 0 Å².